The minimum atomic E-state index is -1.22. The molecule has 11 heavy (non-hydrogen) atoms. The van der Waals surface area contributed by atoms with Gasteiger partial charge in [0, 0.05) is 5.56 Å². The number of aliphatic hydroxyl groups is 1. The smallest absolute Gasteiger partial charge is 0.164 e. The monoisotopic (exact) mass is 157 g/mol. The first-order valence-corrected chi connectivity index (χ1v) is 3.08. The normalized spacial score (nSPS) is 13.1. The molecule has 0 bridgehead atoms. The Labute approximate surface area is 63.3 Å². The number of rotatable bonds is 1. The zero-order valence-corrected chi connectivity index (χ0v) is 5.72. The molecule has 1 aromatic rings. The van der Waals surface area contributed by atoms with Crippen molar-refractivity contribution in [2.24, 2.45) is 0 Å². The lowest BCUT2D eigenvalue weighted by Crippen LogP contribution is -1.97. The molecule has 1 radical (unpaired) electrons. The summed E-state index contributed by atoms with van der Waals surface area (Å²) in [5.74, 6) is -2.00. The van der Waals surface area contributed by atoms with Crippen LogP contribution in [0, 0.1) is 18.6 Å². The molecule has 0 aliphatic carbocycles. The van der Waals surface area contributed by atoms with Gasteiger partial charge in [-0.15, -0.1) is 0 Å². The predicted octanol–water partition coefficient (Wildman–Crippen LogP) is 1.83. The number of benzene rings is 1. The lowest BCUT2D eigenvalue weighted by Gasteiger charge is -2.04. The largest absolute Gasteiger partial charge is 0.388 e. The maximum Gasteiger partial charge on any atom is 0.164 e. The van der Waals surface area contributed by atoms with E-state index in [4.69, 9.17) is 5.11 Å². The molecule has 0 aliphatic heterocycles. The summed E-state index contributed by atoms with van der Waals surface area (Å²) in [5, 5.41) is 8.81. The Bertz CT molecular complexity index is 258. The van der Waals surface area contributed by atoms with E-state index in [0.29, 0.717) is 0 Å². The first-order chi connectivity index (χ1) is 5.13. The van der Waals surface area contributed by atoms with Crippen molar-refractivity contribution in [3.05, 3.63) is 42.3 Å². The molecular weight excluding hydrogens is 150 g/mol. The molecule has 1 rings (SSSR count). The zero-order chi connectivity index (χ0) is 8.43. The maximum atomic E-state index is 12.7. The Hall–Kier alpha value is -0.960. The molecule has 0 aromatic heterocycles. The van der Waals surface area contributed by atoms with Gasteiger partial charge in [-0.1, -0.05) is 12.1 Å². The summed E-state index contributed by atoms with van der Waals surface area (Å²) in [4.78, 5) is 0. The second-order valence-electron chi connectivity index (χ2n) is 2.16. The van der Waals surface area contributed by atoms with Crippen LogP contribution in [0.2, 0.25) is 0 Å². The SMILES string of the molecule is [CH2]C(O)c1cccc(F)c1F. The predicted molar refractivity (Wildman–Crippen MR) is 36.7 cm³/mol. The zero-order valence-electron chi connectivity index (χ0n) is 5.72. The van der Waals surface area contributed by atoms with Crippen LogP contribution < -0.4 is 0 Å². The highest BCUT2D eigenvalue weighted by Crippen LogP contribution is 2.17. The maximum absolute atomic E-state index is 12.7. The van der Waals surface area contributed by atoms with E-state index < -0.39 is 17.7 Å². The van der Waals surface area contributed by atoms with Gasteiger partial charge < -0.3 is 5.11 Å². The Morgan fingerprint density at radius 2 is 2.00 bits per heavy atom. The summed E-state index contributed by atoms with van der Waals surface area (Å²) < 4.78 is 25.1. The molecule has 1 N–H and O–H groups in total. The van der Waals surface area contributed by atoms with Crippen molar-refractivity contribution in [1.29, 1.82) is 0 Å². The van der Waals surface area contributed by atoms with Crippen molar-refractivity contribution in [2.75, 3.05) is 0 Å². The third-order valence-electron chi connectivity index (χ3n) is 1.34. The van der Waals surface area contributed by atoms with Gasteiger partial charge in [-0.3, -0.25) is 0 Å². The van der Waals surface area contributed by atoms with Crippen LogP contribution in [0.5, 0.6) is 0 Å². The molecule has 0 saturated heterocycles. The highest BCUT2D eigenvalue weighted by molar-refractivity contribution is 5.21. The summed E-state index contributed by atoms with van der Waals surface area (Å²) in [6.07, 6.45) is -1.22. The van der Waals surface area contributed by atoms with E-state index in [2.05, 4.69) is 6.92 Å². The third-order valence-corrected chi connectivity index (χ3v) is 1.34. The summed E-state index contributed by atoms with van der Waals surface area (Å²) in [7, 11) is 0. The third kappa shape index (κ3) is 1.54. The first-order valence-electron chi connectivity index (χ1n) is 3.08. The van der Waals surface area contributed by atoms with Crippen LogP contribution in [0.1, 0.15) is 11.7 Å². The summed E-state index contributed by atoms with van der Waals surface area (Å²) in [5.41, 5.74) is -0.120. The van der Waals surface area contributed by atoms with Crippen LogP contribution in [-0.4, -0.2) is 5.11 Å². The Kier molecular flexibility index (Phi) is 2.19. The van der Waals surface area contributed by atoms with Crippen molar-refractivity contribution in [2.45, 2.75) is 6.10 Å². The van der Waals surface area contributed by atoms with Crippen molar-refractivity contribution in [3.8, 4) is 0 Å². The Balaban J connectivity index is 3.17. The lowest BCUT2D eigenvalue weighted by molar-refractivity contribution is 0.219. The summed E-state index contributed by atoms with van der Waals surface area (Å²) in [6, 6.07) is 3.60. The molecule has 1 unspecified atom stereocenters. The van der Waals surface area contributed by atoms with Gasteiger partial charge in [0.2, 0.25) is 0 Å². The van der Waals surface area contributed by atoms with E-state index in [0.717, 1.165) is 6.07 Å². The van der Waals surface area contributed by atoms with E-state index in [1.807, 2.05) is 0 Å². The second kappa shape index (κ2) is 2.96. The molecule has 59 valence electrons. The van der Waals surface area contributed by atoms with Crippen LogP contribution >= 0.6 is 0 Å². The fourth-order valence-electron chi connectivity index (χ4n) is 0.778. The Morgan fingerprint density at radius 1 is 1.36 bits per heavy atom. The fraction of sp³-hybridized carbons (Fsp3) is 0.125. The van der Waals surface area contributed by atoms with Gasteiger partial charge >= 0.3 is 0 Å². The molecule has 0 heterocycles. The van der Waals surface area contributed by atoms with Crippen molar-refractivity contribution < 1.29 is 13.9 Å². The van der Waals surface area contributed by atoms with E-state index in [-0.39, 0.29) is 5.56 Å². The second-order valence-corrected chi connectivity index (χ2v) is 2.16. The van der Waals surface area contributed by atoms with Gasteiger partial charge in [0.25, 0.3) is 0 Å². The molecule has 3 heteroatoms. The van der Waals surface area contributed by atoms with Crippen molar-refractivity contribution in [3.63, 3.8) is 0 Å². The average molecular weight is 157 g/mol. The molecule has 0 aliphatic rings. The molecule has 0 spiro atoms. The molecule has 1 nitrogen and oxygen atoms in total. The van der Waals surface area contributed by atoms with Gasteiger partial charge in [0.1, 0.15) is 0 Å². The van der Waals surface area contributed by atoms with Gasteiger partial charge in [0.05, 0.1) is 6.10 Å². The number of hydrogen-bond donors (Lipinski definition) is 1. The number of aliphatic hydroxyl groups excluding tert-OH is 1. The van der Waals surface area contributed by atoms with Gasteiger partial charge in [-0.05, 0) is 13.0 Å². The van der Waals surface area contributed by atoms with Gasteiger partial charge in [-0.2, -0.15) is 0 Å². The molecule has 0 saturated carbocycles. The van der Waals surface area contributed by atoms with E-state index in [1.54, 1.807) is 0 Å². The number of hydrogen-bond acceptors (Lipinski definition) is 1. The standard InChI is InChI=1S/C8H7F2O/c1-5(11)6-3-2-4-7(9)8(6)10/h2-5,11H,1H2. The van der Waals surface area contributed by atoms with E-state index in [9.17, 15) is 8.78 Å². The van der Waals surface area contributed by atoms with Crippen molar-refractivity contribution >= 4 is 0 Å². The van der Waals surface area contributed by atoms with Gasteiger partial charge in [0.15, 0.2) is 11.6 Å². The summed E-state index contributed by atoms with van der Waals surface area (Å²) in [6.45, 7) is 3.16. The molecule has 1 aromatic carbocycles. The van der Waals surface area contributed by atoms with E-state index >= 15 is 0 Å². The molecular formula is C8H7F2O. The number of halogens is 2. The highest BCUT2D eigenvalue weighted by Gasteiger charge is 2.10. The average Bonchev–Trinajstić information content (AvgIpc) is 1.94. The minimum absolute atomic E-state index is 0.120. The van der Waals surface area contributed by atoms with Crippen LogP contribution in [-0.2, 0) is 0 Å². The van der Waals surface area contributed by atoms with Crippen molar-refractivity contribution in [1.82, 2.24) is 0 Å². The molecule has 0 fully saturated rings. The summed E-state index contributed by atoms with van der Waals surface area (Å²) >= 11 is 0. The van der Waals surface area contributed by atoms with Crippen LogP contribution in [0.15, 0.2) is 18.2 Å². The fourth-order valence-corrected chi connectivity index (χ4v) is 0.778. The van der Waals surface area contributed by atoms with Crippen LogP contribution in [0.25, 0.3) is 0 Å². The highest BCUT2D eigenvalue weighted by atomic mass is 19.2. The van der Waals surface area contributed by atoms with Crippen LogP contribution in [0.4, 0.5) is 8.78 Å². The minimum Gasteiger partial charge on any atom is -0.388 e. The van der Waals surface area contributed by atoms with Gasteiger partial charge in [-0.25, -0.2) is 8.78 Å². The van der Waals surface area contributed by atoms with E-state index in [1.165, 1.54) is 12.1 Å². The Morgan fingerprint density at radius 3 is 2.45 bits per heavy atom. The van der Waals surface area contributed by atoms with Crippen LogP contribution in [0.3, 0.4) is 0 Å². The first kappa shape index (κ1) is 8.14. The molecule has 0 amide bonds. The molecule has 1 atom stereocenters. The topological polar surface area (TPSA) is 20.2 Å². The quantitative estimate of drug-likeness (QED) is 0.659. The lowest BCUT2D eigenvalue weighted by atomic mass is 10.1.